The molecule has 0 heterocycles. The van der Waals surface area contributed by atoms with Crippen molar-refractivity contribution in [3.8, 4) is 11.1 Å². The van der Waals surface area contributed by atoms with E-state index in [0.29, 0.717) is 16.3 Å². The molecule has 4 rings (SSSR count). The molecule has 0 atom stereocenters. The summed E-state index contributed by atoms with van der Waals surface area (Å²) in [4.78, 5) is 11.1. The second-order valence-electron chi connectivity index (χ2n) is 6.61. The van der Waals surface area contributed by atoms with E-state index in [1.807, 2.05) is 18.2 Å². The first kappa shape index (κ1) is 16.3. The van der Waals surface area contributed by atoms with Crippen LogP contribution in [0.25, 0.3) is 32.7 Å². The van der Waals surface area contributed by atoms with Gasteiger partial charge in [0.1, 0.15) is 5.82 Å². The first-order chi connectivity index (χ1) is 12.5. The molecule has 0 radical (unpaired) electrons. The summed E-state index contributed by atoms with van der Waals surface area (Å²) >= 11 is 0. The van der Waals surface area contributed by atoms with Crippen LogP contribution in [0.5, 0.6) is 0 Å². The van der Waals surface area contributed by atoms with Crippen molar-refractivity contribution in [1.29, 1.82) is 0 Å². The molecule has 0 fully saturated rings. The van der Waals surface area contributed by atoms with E-state index in [1.165, 1.54) is 29.3 Å². The zero-order valence-corrected chi connectivity index (χ0v) is 14.5. The largest absolute Gasteiger partial charge is 0.478 e. The third kappa shape index (κ3) is 2.53. The van der Waals surface area contributed by atoms with Crippen LogP contribution >= 0.6 is 0 Å². The van der Waals surface area contributed by atoms with Crippen molar-refractivity contribution in [2.24, 2.45) is 0 Å². The molecule has 4 aromatic rings. The molecular formula is C23H17FO2. The van der Waals surface area contributed by atoms with E-state index in [9.17, 15) is 4.79 Å². The minimum Gasteiger partial charge on any atom is -0.478 e. The summed E-state index contributed by atoms with van der Waals surface area (Å²) in [7, 11) is 0. The highest BCUT2D eigenvalue weighted by molar-refractivity contribution is 5.97. The Kier molecular flexibility index (Phi) is 3.73. The molecule has 0 unspecified atom stereocenters. The van der Waals surface area contributed by atoms with Crippen molar-refractivity contribution in [2.45, 2.75) is 13.8 Å². The Morgan fingerprint density at radius 3 is 2.35 bits per heavy atom. The molecule has 128 valence electrons. The number of carbonyl (C=O) groups is 1. The lowest BCUT2D eigenvalue weighted by Crippen LogP contribution is -1.96. The maximum absolute atomic E-state index is 15.1. The van der Waals surface area contributed by atoms with Gasteiger partial charge in [-0.1, -0.05) is 42.5 Å². The highest BCUT2D eigenvalue weighted by Gasteiger charge is 2.12. The summed E-state index contributed by atoms with van der Waals surface area (Å²) in [6.07, 6.45) is 0. The van der Waals surface area contributed by atoms with Gasteiger partial charge in [0.2, 0.25) is 0 Å². The average Bonchev–Trinajstić information content (AvgIpc) is 2.64. The molecule has 0 aliphatic heterocycles. The normalized spacial score (nSPS) is 11.2. The predicted octanol–water partition coefficient (Wildman–Crippen LogP) is 6.11. The van der Waals surface area contributed by atoms with Gasteiger partial charge < -0.3 is 5.11 Å². The standard InChI is InChI=1S/C23H17FO2/c1-13-3-4-15-5-6-17(12-21(15)14(13)2)20-9-7-16-11-18(23(25)26)8-10-19(16)22(20)24/h3-12H,1-2H3,(H,25,26). The van der Waals surface area contributed by atoms with Crippen LogP contribution in [0.4, 0.5) is 4.39 Å². The molecule has 0 spiro atoms. The number of hydrogen-bond donors (Lipinski definition) is 1. The minimum atomic E-state index is -1.02. The van der Waals surface area contributed by atoms with E-state index in [4.69, 9.17) is 5.11 Å². The van der Waals surface area contributed by atoms with Gasteiger partial charge in [-0.2, -0.15) is 0 Å². The van der Waals surface area contributed by atoms with Gasteiger partial charge in [-0.15, -0.1) is 0 Å². The number of carboxylic acid groups (broad SMARTS) is 1. The fourth-order valence-corrected chi connectivity index (χ4v) is 3.39. The second kappa shape index (κ2) is 5.95. The number of carboxylic acids is 1. The summed E-state index contributed by atoms with van der Waals surface area (Å²) in [6, 6.07) is 18.1. The van der Waals surface area contributed by atoms with E-state index >= 15 is 4.39 Å². The molecule has 0 saturated heterocycles. The van der Waals surface area contributed by atoms with Crippen LogP contribution in [0.15, 0.2) is 60.7 Å². The fourth-order valence-electron chi connectivity index (χ4n) is 3.39. The SMILES string of the molecule is Cc1ccc2ccc(-c3ccc4cc(C(=O)O)ccc4c3F)cc2c1C. The topological polar surface area (TPSA) is 37.3 Å². The lowest BCUT2D eigenvalue weighted by molar-refractivity contribution is 0.0697. The Morgan fingerprint density at radius 2 is 1.58 bits per heavy atom. The highest BCUT2D eigenvalue weighted by atomic mass is 19.1. The van der Waals surface area contributed by atoms with Crippen molar-refractivity contribution < 1.29 is 14.3 Å². The van der Waals surface area contributed by atoms with Crippen LogP contribution < -0.4 is 0 Å². The Morgan fingerprint density at radius 1 is 0.846 bits per heavy atom. The van der Waals surface area contributed by atoms with Crippen LogP contribution in [0, 0.1) is 19.7 Å². The molecule has 1 N–H and O–H groups in total. The number of benzene rings is 4. The summed E-state index contributed by atoms with van der Waals surface area (Å²) < 4.78 is 15.1. The molecule has 3 heteroatoms. The molecule has 2 nitrogen and oxygen atoms in total. The fraction of sp³-hybridized carbons (Fsp3) is 0.0870. The van der Waals surface area contributed by atoms with Crippen molar-refractivity contribution >= 4 is 27.5 Å². The quantitative estimate of drug-likeness (QED) is 0.476. The van der Waals surface area contributed by atoms with E-state index < -0.39 is 5.97 Å². The number of rotatable bonds is 2. The molecular weight excluding hydrogens is 327 g/mol. The Balaban J connectivity index is 1.92. The lowest BCUT2D eigenvalue weighted by atomic mass is 9.94. The summed E-state index contributed by atoms with van der Waals surface area (Å²) in [5, 5.41) is 12.4. The summed E-state index contributed by atoms with van der Waals surface area (Å²) in [5.41, 5.74) is 3.88. The molecule has 0 aromatic heterocycles. The van der Waals surface area contributed by atoms with Gasteiger partial charge in [0.05, 0.1) is 5.56 Å². The van der Waals surface area contributed by atoms with Crippen molar-refractivity contribution in [2.75, 3.05) is 0 Å². The number of halogens is 1. The van der Waals surface area contributed by atoms with Gasteiger partial charge in [0.25, 0.3) is 0 Å². The van der Waals surface area contributed by atoms with E-state index in [2.05, 4.69) is 26.0 Å². The predicted molar refractivity (Wildman–Crippen MR) is 103 cm³/mol. The van der Waals surface area contributed by atoms with Crippen LogP contribution in [-0.4, -0.2) is 11.1 Å². The van der Waals surface area contributed by atoms with Crippen LogP contribution in [0.2, 0.25) is 0 Å². The van der Waals surface area contributed by atoms with E-state index in [0.717, 1.165) is 16.3 Å². The first-order valence-corrected chi connectivity index (χ1v) is 8.41. The molecule has 0 bridgehead atoms. The molecule has 4 aromatic carbocycles. The van der Waals surface area contributed by atoms with Gasteiger partial charge in [-0.25, -0.2) is 9.18 Å². The molecule has 0 saturated carbocycles. The maximum Gasteiger partial charge on any atom is 0.335 e. The third-order valence-electron chi connectivity index (χ3n) is 5.07. The summed E-state index contributed by atoms with van der Waals surface area (Å²) in [6.45, 7) is 4.14. The van der Waals surface area contributed by atoms with Crippen LogP contribution in [-0.2, 0) is 0 Å². The van der Waals surface area contributed by atoms with Crippen LogP contribution in [0.3, 0.4) is 0 Å². The first-order valence-electron chi connectivity index (χ1n) is 8.41. The van der Waals surface area contributed by atoms with E-state index in [-0.39, 0.29) is 11.4 Å². The number of aryl methyl sites for hydroxylation is 2. The molecule has 26 heavy (non-hydrogen) atoms. The number of hydrogen-bond acceptors (Lipinski definition) is 1. The Hall–Kier alpha value is -3.20. The van der Waals surface area contributed by atoms with Crippen molar-refractivity contribution in [3.05, 3.63) is 83.2 Å². The number of fused-ring (bicyclic) bond motifs is 2. The Labute approximate surface area is 150 Å². The zero-order chi connectivity index (χ0) is 18.4. The van der Waals surface area contributed by atoms with Gasteiger partial charge >= 0.3 is 5.97 Å². The van der Waals surface area contributed by atoms with Crippen LogP contribution in [0.1, 0.15) is 21.5 Å². The molecule has 0 aliphatic rings. The van der Waals surface area contributed by atoms with Crippen molar-refractivity contribution in [3.63, 3.8) is 0 Å². The lowest BCUT2D eigenvalue weighted by Gasteiger charge is -2.11. The van der Waals surface area contributed by atoms with Gasteiger partial charge in [-0.3, -0.25) is 0 Å². The third-order valence-corrected chi connectivity index (χ3v) is 5.07. The number of aromatic carboxylic acids is 1. The van der Waals surface area contributed by atoms with Gasteiger partial charge in [-0.05, 0) is 64.9 Å². The Bertz CT molecular complexity index is 1190. The second-order valence-corrected chi connectivity index (χ2v) is 6.61. The highest BCUT2D eigenvalue weighted by Crippen LogP contribution is 2.32. The minimum absolute atomic E-state index is 0.154. The van der Waals surface area contributed by atoms with Crippen molar-refractivity contribution in [1.82, 2.24) is 0 Å². The average molecular weight is 344 g/mol. The summed E-state index contributed by atoms with van der Waals surface area (Å²) in [5.74, 6) is -1.35. The van der Waals surface area contributed by atoms with Gasteiger partial charge in [0.15, 0.2) is 0 Å². The monoisotopic (exact) mass is 344 g/mol. The smallest absolute Gasteiger partial charge is 0.335 e. The zero-order valence-electron chi connectivity index (χ0n) is 14.5. The maximum atomic E-state index is 15.1. The van der Waals surface area contributed by atoms with Gasteiger partial charge in [0, 0.05) is 10.9 Å². The molecule has 0 amide bonds. The molecule has 0 aliphatic carbocycles. The van der Waals surface area contributed by atoms with E-state index in [1.54, 1.807) is 12.1 Å².